The quantitative estimate of drug-likeness (QED) is 0.577. The standard InChI is InChI=1S/C17H24ClN3O/c1-19-15(21-12-17(22)6-3-7-17)20-11-16(8-9-16)13-4-2-5-14(18)10-13/h2,4-5,10,22H,3,6-9,11-12H2,1H3,(H2,19,20,21). The Labute approximate surface area is 137 Å². The minimum atomic E-state index is -0.540. The van der Waals surface area contributed by atoms with Crippen molar-refractivity contribution in [2.45, 2.75) is 43.1 Å². The topological polar surface area (TPSA) is 56.7 Å². The minimum absolute atomic E-state index is 0.176. The molecule has 4 nitrogen and oxygen atoms in total. The van der Waals surface area contributed by atoms with Crippen molar-refractivity contribution in [3.05, 3.63) is 34.9 Å². The summed E-state index contributed by atoms with van der Waals surface area (Å²) < 4.78 is 0. The number of nitrogens with one attached hydrogen (secondary N) is 2. The van der Waals surface area contributed by atoms with E-state index < -0.39 is 5.60 Å². The van der Waals surface area contributed by atoms with Gasteiger partial charge in [-0.25, -0.2) is 0 Å². The molecule has 0 bridgehead atoms. The molecule has 1 aromatic rings. The molecule has 2 aliphatic carbocycles. The van der Waals surface area contributed by atoms with Gasteiger partial charge < -0.3 is 15.7 Å². The van der Waals surface area contributed by atoms with Gasteiger partial charge in [0, 0.05) is 30.6 Å². The Morgan fingerprint density at radius 2 is 1.95 bits per heavy atom. The van der Waals surface area contributed by atoms with Crippen molar-refractivity contribution >= 4 is 17.6 Å². The number of rotatable bonds is 5. The van der Waals surface area contributed by atoms with Gasteiger partial charge in [-0.2, -0.15) is 0 Å². The van der Waals surface area contributed by atoms with Gasteiger partial charge in [-0.3, -0.25) is 4.99 Å². The maximum absolute atomic E-state index is 10.1. The molecule has 3 N–H and O–H groups in total. The molecule has 0 spiro atoms. The molecule has 2 saturated carbocycles. The molecule has 120 valence electrons. The van der Waals surface area contributed by atoms with Crippen molar-refractivity contribution in [2.24, 2.45) is 4.99 Å². The maximum Gasteiger partial charge on any atom is 0.191 e. The van der Waals surface area contributed by atoms with Gasteiger partial charge >= 0.3 is 0 Å². The predicted octanol–water partition coefficient (Wildman–Crippen LogP) is 2.45. The molecule has 22 heavy (non-hydrogen) atoms. The Balaban J connectivity index is 1.54. The third kappa shape index (κ3) is 3.39. The molecular formula is C17H24ClN3O. The molecule has 0 atom stereocenters. The second-order valence-corrected chi connectivity index (χ2v) is 7.08. The number of nitrogens with zero attached hydrogens (tertiary/aromatic N) is 1. The van der Waals surface area contributed by atoms with Gasteiger partial charge in [0.2, 0.25) is 0 Å². The summed E-state index contributed by atoms with van der Waals surface area (Å²) in [6.45, 7) is 1.41. The third-order valence-corrected chi connectivity index (χ3v) is 5.21. The molecule has 0 heterocycles. The van der Waals surface area contributed by atoms with Gasteiger partial charge in [0.1, 0.15) is 0 Å². The summed E-state index contributed by atoms with van der Waals surface area (Å²) in [5.74, 6) is 0.758. The summed E-state index contributed by atoms with van der Waals surface area (Å²) in [4.78, 5) is 4.25. The first-order valence-electron chi connectivity index (χ1n) is 7.98. The SMILES string of the molecule is CN=C(NCC1(O)CCC1)NCC1(c2cccc(Cl)c2)CC1. The molecule has 2 aliphatic rings. The zero-order valence-electron chi connectivity index (χ0n) is 13.0. The van der Waals surface area contributed by atoms with E-state index in [2.05, 4.69) is 27.8 Å². The molecule has 5 heteroatoms. The highest BCUT2D eigenvalue weighted by Crippen LogP contribution is 2.48. The predicted molar refractivity (Wildman–Crippen MR) is 90.5 cm³/mol. The smallest absolute Gasteiger partial charge is 0.191 e. The van der Waals surface area contributed by atoms with Gasteiger partial charge in [0.25, 0.3) is 0 Å². The lowest BCUT2D eigenvalue weighted by atomic mass is 9.80. The van der Waals surface area contributed by atoms with Crippen LogP contribution in [0.15, 0.2) is 29.3 Å². The zero-order chi connectivity index (χ0) is 15.6. The fraction of sp³-hybridized carbons (Fsp3) is 0.588. The first kappa shape index (κ1) is 15.6. The van der Waals surface area contributed by atoms with Crippen LogP contribution in [0.4, 0.5) is 0 Å². The monoisotopic (exact) mass is 321 g/mol. The van der Waals surface area contributed by atoms with Gasteiger partial charge in [0.05, 0.1) is 5.60 Å². The fourth-order valence-electron chi connectivity index (χ4n) is 3.02. The van der Waals surface area contributed by atoms with Crippen LogP contribution in [0.3, 0.4) is 0 Å². The Morgan fingerprint density at radius 1 is 1.23 bits per heavy atom. The molecular weight excluding hydrogens is 298 g/mol. The first-order chi connectivity index (χ1) is 10.6. The molecule has 0 saturated heterocycles. The third-order valence-electron chi connectivity index (χ3n) is 4.98. The van der Waals surface area contributed by atoms with Crippen LogP contribution in [0.2, 0.25) is 5.02 Å². The van der Waals surface area contributed by atoms with Gasteiger partial charge in [-0.05, 0) is 49.8 Å². The van der Waals surface area contributed by atoms with E-state index >= 15 is 0 Å². The van der Waals surface area contributed by atoms with Crippen LogP contribution in [0, 0.1) is 0 Å². The van der Waals surface area contributed by atoms with Crippen LogP contribution in [0.1, 0.15) is 37.7 Å². The number of hydrogen-bond acceptors (Lipinski definition) is 2. The number of aliphatic imine (C=N–C) groups is 1. The van der Waals surface area contributed by atoms with Crippen molar-refractivity contribution in [2.75, 3.05) is 20.1 Å². The Kier molecular flexibility index (Phi) is 4.33. The van der Waals surface area contributed by atoms with Gasteiger partial charge in [-0.15, -0.1) is 0 Å². The van der Waals surface area contributed by atoms with Crippen molar-refractivity contribution < 1.29 is 5.11 Å². The molecule has 0 unspecified atom stereocenters. The second kappa shape index (κ2) is 6.09. The minimum Gasteiger partial charge on any atom is -0.388 e. The van der Waals surface area contributed by atoms with Crippen LogP contribution in [-0.2, 0) is 5.41 Å². The molecule has 1 aromatic carbocycles. The van der Waals surface area contributed by atoms with E-state index in [0.29, 0.717) is 6.54 Å². The van der Waals surface area contributed by atoms with Crippen LogP contribution in [0.25, 0.3) is 0 Å². The van der Waals surface area contributed by atoms with E-state index in [-0.39, 0.29) is 5.41 Å². The van der Waals surface area contributed by atoms with Crippen molar-refractivity contribution in [3.8, 4) is 0 Å². The van der Waals surface area contributed by atoms with E-state index in [9.17, 15) is 5.11 Å². The number of guanidine groups is 1. The molecule has 0 aliphatic heterocycles. The lowest BCUT2D eigenvalue weighted by molar-refractivity contribution is -0.0279. The molecule has 0 radical (unpaired) electrons. The highest BCUT2D eigenvalue weighted by molar-refractivity contribution is 6.30. The van der Waals surface area contributed by atoms with E-state index in [1.807, 2.05) is 12.1 Å². The van der Waals surface area contributed by atoms with Crippen LogP contribution >= 0.6 is 11.6 Å². The summed E-state index contributed by atoms with van der Waals surface area (Å²) in [5, 5.41) is 17.6. The molecule has 3 rings (SSSR count). The maximum atomic E-state index is 10.1. The number of halogens is 1. The lowest BCUT2D eigenvalue weighted by Gasteiger charge is -2.37. The largest absolute Gasteiger partial charge is 0.388 e. The van der Waals surface area contributed by atoms with E-state index in [0.717, 1.165) is 36.8 Å². The summed E-state index contributed by atoms with van der Waals surface area (Å²) in [7, 11) is 1.76. The average molecular weight is 322 g/mol. The normalized spacial score (nSPS) is 21.9. The average Bonchev–Trinajstić information content (AvgIpc) is 3.27. The zero-order valence-corrected chi connectivity index (χ0v) is 13.8. The second-order valence-electron chi connectivity index (χ2n) is 6.65. The highest BCUT2D eigenvalue weighted by atomic mass is 35.5. The molecule has 0 amide bonds. The lowest BCUT2D eigenvalue weighted by Crippen LogP contribution is -2.51. The Hall–Kier alpha value is -1.26. The first-order valence-corrected chi connectivity index (χ1v) is 8.36. The number of hydrogen-bond donors (Lipinski definition) is 3. The molecule has 2 fully saturated rings. The number of aliphatic hydroxyl groups is 1. The van der Waals surface area contributed by atoms with Crippen molar-refractivity contribution in [1.29, 1.82) is 0 Å². The summed E-state index contributed by atoms with van der Waals surface area (Å²) >= 11 is 6.11. The molecule has 0 aromatic heterocycles. The van der Waals surface area contributed by atoms with E-state index in [1.165, 1.54) is 18.4 Å². The van der Waals surface area contributed by atoms with Gasteiger partial charge in [0.15, 0.2) is 5.96 Å². The van der Waals surface area contributed by atoms with Crippen LogP contribution in [-0.4, -0.2) is 36.8 Å². The Morgan fingerprint density at radius 3 is 2.50 bits per heavy atom. The summed E-state index contributed by atoms with van der Waals surface area (Å²) in [6, 6.07) is 8.13. The van der Waals surface area contributed by atoms with E-state index in [4.69, 9.17) is 11.6 Å². The highest BCUT2D eigenvalue weighted by Gasteiger charge is 2.44. The van der Waals surface area contributed by atoms with Crippen LogP contribution in [0.5, 0.6) is 0 Å². The Bertz CT molecular complexity index is 565. The fourth-order valence-corrected chi connectivity index (χ4v) is 3.21. The number of benzene rings is 1. The van der Waals surface area contributed by atoms with E-state index in [1.54, 1.807) is 7.05 Å². The summed E-state index contributed by atoms with van der Waals surface area (Å²) in [6.07, 6.45) is 5.21. The van der Waals surface area contributed by atoms with Gasteiger partial charge in [-0.1, -0.05) is 23.7 Å². The van der Waals surface area contributed by atoms with Crippen molar-refractivity contribution in [1.82, 2.24) is 10.6 Å². The summed E-state index contributed by atoms with van der Waals surface area (Å²) in [5.41, 5.74) is 0.929. The van der Waals surface area contributed by atoms with Crippen LogP contribution < -0.4 is 10.6 Å². The van der Waals surface area contributed by atoms with Crippen molar-refractivity contribution in [3.63, 3.8) is 0 Å².